The molecular formula is C28H50O. The number of aliphatic hydroxyl groups excluding tert-OH is 1. The van der Waals surface area contributed by atoms with Gasteiger partial charge in [-0.2, -0.15) is 0 Å². The van der Waals surface area contributed by atoms with Crippen molar-refractivity contribution < 1.29 is 5.11 Å². The van der Waals surface area contributed by atoms with Gasteiger partial charge in [0.05, 0.1) is 6.10 Å². The lowest BCUT2D eigenvalue weighted by Gasteiger charge is -2.61. The van der Waals surface area contributed by atoms with Gasteiger partial charge in [-0.15, -0.1) is 0 Å². The van der Waals surface area contributed by atoms with E-state index in [-0.39, 0.29) is 6.10 Å². The van der Waals surface area contributed by atoms with Crippen molar-refractivity contribution in [2.45, 2.75) is 118 Å². The molecule has 0 aromatic rings. The average molecular weight is 403 g/mol. The van der Waals surface area contributed by atoms with E-state index in [1.165, 1.54) is 57.8 Å². The first-order valence-corrected chi connectivity index (χ1v) is 13.3. The van der Waals surface area contributed by atoms with E-state index < -0.39 is 0 Å². The molecule has 0 saturated heterocycles. The smallest absolute Gasteiger partial charge is 0.0543 e. The van der Waals surface area contributed by atoms with Gasteiger partial charge < -0.3 is 5.11 Å². The van der Waals surface area contributed by atoms with Crippen LogP contribution in [0.1, 0.15) is 112 Å². The van der Waals surface area contributed by atoms with Crippen LogP contribution in [0.5, 0.6) is 0 Å². The first-order chi connectivity index (χ1) is 13.7. The molecule has 4 saturated carbocycles. The Bertz CT molecular complexity index is 569. The monoisotopic (exact) mass is 402 g/mol. The van der Waals surface area contributed by atoms with Crippen LogP contribution in [0.4, 0.5) is 0 Å². The fourth-order valence-corrected chi connectivity index (χ4v) is 9.27. The summed E-state index contributed by atoms with van der Waals surface area (Å²) in [7, 11) is 0. The molecule has 0 aliphatic heterocycles. The molecule has 0 spiro atoms. The molecule has 4 aliphatic rings. The van der Waals surface area contributed by atoms with Gasteiger partial charge in [0.25, 0.3) is 0 Å². The maximum Gasteiger partial charge on any atom is 0.0543 e. The summed E-state index contributed by atoms with van der Waals surface area (Å²) in [5.41, 5.74) is 1.14. The predicted molar refractivity (Wildman–Crippen MR) is 124 cm³/mol. The largest absolute Gasteiger partial charge is 0.393 e. The van der Waals surface area contributed by atoms with E-state index >= 15 is 0 Å². The number of fused-ring (bicyclic) bond motifs is 5. The molecule has 1 nitrogen and oxygen atoms in total. The van der Waals surface area contributed by atoms with Gasteiger partial charge >= 0.3 is 0 Å². The summed E-state index contributed by atoms with van der Waals surface area (Å²) in [6.45, 7) is 15.2. The van der Waals surface area contributed by atoms with Gasteiger partial charge in [-0.25, -0.2) is 0 Å². The first kappa shape index (κ1) is 22.2. The number of aliphatic hydroxyl groups is 1. The molecular weight excluding hydrogens is 352 g/mol. The molecule has 0 amide bonds. The first-order valence-electron chi connectivity index (χ1n) is 13.3. The fraction of sp³-hybridized carbons (Fsp3) is 1.00. The Morgan fingerprint density at radius 2 is 1.48 bits per heavy atom. The highest BCUT2D eigenvalue weighted by Gasteiger charge is 2.60. The molecule has 1 heteroatoms. The highest BCUT2D eigenvalue weighted by molar-refractivity contribution is 5.09. The van der Waals surface area contributed by atoms with Crippen molar-refractivity contribution >= 4 is 0 Å². The minimum Gasteiger partial charge on any atom is -0.393 e. The molecule has 0 heterocycles. The molecule has 168 valence electrons. The zero-order chi connectivity index (χ0) is 21.0. The van der Waals surface area contributed by atoms with Crippen molar-refractivity contribution in [2.75, 3.05) is 0 Å². The van der Waals surface area contributed by atoms with E-state index in [0.29, 0.717) is 10.8 Å². The standard InChI is InChI=1S/C28H50O/c1-18(2)19(3)7-8-20(4)24-11-12-25-23-10-9-21-17-22(29)13-15-27(21,5)26(23)14-16-28(24,25)6/h18-26,29H,7-17H2,1-6H3/t19?,20-,21+,22+,23+,24-,25+,26+,27+,28-/m1/s1. The Morgan fingerprint density at radius 1 is 0.793 bits per heavy atom. The van der Waals surface area contributed by atoms with Crippen LogP contribution >= 0.6 is 0 Å². The Balaban J connectivity index is 1.46. The summed E-state index contributed by atoms with van der Waals surface area (Å²) < 4.78 is 0. The normalized spacial score (nSPS) is 49.2. The zero-order valence-electron chi connectivity index (χ0n) is 20.4. The molecule has 0 aromatic heterocycles. The SMILES string of the molecule is CC(C)C(C)CC[C@@H](C)[C@H]1CC[C@H]2[C@@H]3CC[C@H]4C[C@@H](O)CC[C@]4(C)[C@H]3CC[C@]12C. The van der Waals surface area contributed by atoms with Gasteiger partial charge in [0.1, 0.15) is 0 Å². The second-order valence-electron chi connectivity index (χ2n) is 13.1. The number of rotatable bonds is 5. The minimum atomic E-state index is -0.0107. The summed E-state index contributed by atoms with van der Waals surface area (Å²) in [5, 5.41) is 10.3. The van der Waals surface area contributed by atoms with Crippen molar-refractivity contribution in [3.05, 3.63) is 0 Å². The fourth-order valence-electron chi connectivity index (χ4n) is 9.27. The molecule has 4 fully saturated rings. The van der Waals surface area contributed by atoms with Crippen LogP contribution in [0.3, 0.4) is 0 Å². The molecule has 1 unspecified atom stereocenters. The number of hydrogen-bond donors (Lipinski definition) is 1. The second-order valence-corrected chi connectivity index (χ2v) is 13.1. The van der Waals surface area contributed by atoms with E-state index in [4.69, 9.17) is 0 Å². The third kappa shape index (κ3) is 3.74. The lowest BCUT2D eigenvalue weighted by molar-refractivity contribution is -0.129. The summed E-state index contributed by atoms with van der Waals surface area (Å²) in [5.74, 6) is 7.28. The van der Waals surface area contributed by atoms with E-state index in [2.05, 4.69) is 41.5 Å². The summed E-state index contributed by atoms with van der Waals surface area (Å²) >= 11 is 0. The van der Waals surface area contributed by atoms with Gasteiger partial charge in [-0.05, 0) is 116 Å². The van der Waals surface area contributed by atoms with Gasteiger partial charge in [-0.1, -0.05) is 54.4 Å². The zero-order valence-corrected chi connectivity index (χ0v) is 20.4. The third-order valence-electron chi connectivity index (χ3n) is 11.6. The van der Waals surface area contributed by atoms with E-state index in [1.54, 1.807) is 0 Å². The topological polar surface area (TPSA) is 20.2 Å². The Hall–Kier alpha value is -0.0400. The summed E-state index contributed by atoms with van der Waals surface area (Å²) in [6, 6.07) is 0. The van der Waals surface area contributed by atoms with Crippen LogP contribution in [-0.4, -0.2) is 11.2 Å². The van der Waals surface area contributed by atoms with Crippen LogP contribution in [0.15, 0.2) is 0 Å². The van der Waals surface area contributed by atoms with Gasteiger partial charge in [-0.3, -0.25) is 0 Å². The van der Waals surface area contributed by atoms with Crippen molar-refractivity contribution in [1.29, 1.82) is 0 Å². The lowest BCUT2D eigenvalue weighted by atomic mass is 9.44. The maximum atomic E-state index is 10.3. The molecule has 0 bridgehead atoms. The summed E-state index contributed by atoms with van der Waals surface area (Å²) in [6.07, 6.45) is 15.1. The van der Waals surface area contributed by atoms with Crippen molar-refractivity contribution in [3.63, 3.8) is 0 Å². The molecule has 1 N–H and O–H groups in total. The van der Waals surface area contributed by atoms with Gasteiger partial charge in [0.2, 0.25) is 0 Å². The molecule has 29 heavy (non-hydrogen) atoms. The van der Waals surface area contributed by atoms with Crippen LogP contribution in [0.2, 0.25) is 0 Å². The minimum absolute atomic E-state index is 0.0107. The Labute approximate surface area is 181 Å². The maximum absolute atomic E-state index is 10.3. The number of hydrogen-bond acceptors (Lipinski definition) is 1. The molecule has 4 rings (SSSR count). The van der Waals surface area contributed by atoms with E-state index in [9.17, 15) is 5.11 Å². The van der Waals surface area contributed by atoms with Crippen LogP contribution < -0.4 is 0 Å². The summed E-state index contributed by atoms with van der Waals surface area (Å²) in [4.78, 5) is 0. The van der Waals surface area contributed by atoms with Crippen molar-refractivity contribution in [1.82, 2.24) is 0 Å². The predicted octanol–water partition coefficient (Wildman–Crippen LogP) is 7.71. The highest BCUT2D eigenvalue weighted by Crippen LogP contribution is 2.68. The Morgan fingerprint density at radius 3 is 2.21 bits per heavy atom. The third-order valence-corrected chi connectivity index (χ3v) is 11.6. The lowest BCUT2D eigenvalue weighted by Crippen LogP contribution is -2.54. The van der Waals surface area contributed by atoms with E-state index in [1.807, 2.05) is 0 Å². The van der Waals surface area contributed by atoms with Crippen LogP contribution in [0, 0.1) is 58.2 Å². The molecule has 4 aliphatic carbocycles. The molecule has 10 atom stereocenters. The molecule has 0 radical (unpaired) electrons. The second kappa shape index (κ2) is 8.14. The van der Waals surface area contributed by atoms with Crippen LogP contribution in [0.25, 0.3) is 0 Å². The highest BCUT2D eigenvalue weighted by atomic mass is 16.3. The quantitative estimate of drug-likeness (QED) is 0.499. The van der Waals surface area contributed by atoms with Gasteiger partial charge in [0, 0.05) is 0 Å². The molecule has 0 aromatic carbocycles. The van der Waals surface area contributed by atoms with Gasteiger partial charge in [0.15, 0.2) is 0 Å². The van der Waals surface area contributed by atoms with Crippen molar-refractivity contribution in [3.8, 4) is 0 Å². The average Bonchev–Trinajstić information content (AvgIpc) is 3.03. The van der Waals surface area contributed by atoms with E-state index in [0.717, 1.165) is 60.2 Å². The van der Waals surface area contributed by atoms with Crippen molar-refractivity contribution in [2.24, 2.45) is 58.2 Å². The Kier molecular flexibility index (Phi) is 6.22. The van der Waals surface area contributed by atoms with Crippen LogP contribution in [-0.2, 0) is 0 Å².